The van der Waals surface area contributed by atoms with Crippen molar-refractivity contribution in [3.8, 4) is 0 Å². The molecule has 1 unspecified atom stereocenters. The first-order valence-electron chi connectivity index (χ1n) is 9.80. The molecule has 5 aliphatic carbocycles. The Hall–Kier alpha value is -1.51. The van der Waals surface area contributed by atoms with E-state index in [4.69, 9.17) is 0 Å². The van der Waals surface area contributed by atoms with Crippen LogP contribution in [0.1, 0.15) is 55.7 Å². The van der Waals surface area contributed by atoms with Crippen LogP contribution >= 0.6 is 0 Å². The third-order valence-electron chi connectivity index (χ3n) is 7.41. The van der Waals surface area contributed by atoms with Gasteiger partial charge in [0.1, 0.15) is 0 Å². The lowest BCUT2D eigenvalue weighted by Crippen LogP contribution is -2.57. The van der Waals surface area contributed by atoms with Gasteiger partial charge >= 0.3 is 6.03 Å². The molecule has 0 spiro atoms. The van der Waals surface area contributed by atoms with Gasteiger partial charge in [0, 0.05) is 13.1 Å². The zero-order valence-electron chi connectivity index (χ0n) is 14.6. The van der Waals surface area contributed by atoms with Gasteiger partial charge < -0.3 is 10.2 Å². The number of hydrogen-bond acceptors (Lipinski definition) is 1. The summed E-state index contributed by atoms with van der Waals surface area (Å²) in [6, 6.07) is 9.44. The van der Waals surface area contributed by atoms with Gasteiger partial charge in [-0.1, -0.05) is 24.3 Å². The first-order valence-corrected chi connectivity index (χ1v) is 9.80. The van der Waals surface area contributed by atoms with E-state index in [2.05, 4.69) is 29.6 Å². The van der Waals surface area contributed by atoms with Gasteiger partial charge in [0.15, 0.2) is 0 Å². The Morgan fingerprint density at radius 3 is 2.42 bits per heavy atom. The lowest BCUT2D eigenvalue weighted by atomic mass is 9.54. The maximum Gasteiger partial charge on any atom is 0.317 e. The first-order chi connectivity index (χ1) is 11.7. The summed E-state index contributed by atoms with van der Waals surface area (Å²) in [5, 5.41) is 3.46. The van der Waals surface area contributed by atoms with Crippen LogP contribution in [0.3, 0.4) is 0 Å². The summed E-state index contributed by atoms with van der Waals surface area (Å²) in [4.78, 5) is 14.9. The van der Waals surface area contributed by atoms with Crippen molar-refractivity contribution in [1.82, 2.24) is 10.2 Å². The SMILES string of the molecule is CN(C(=O)NC1C2CC3CC(C2)CC1C3)C1CCc2ccccc21. The van der Waals surface area contributed by atoms with Crippen LogP contribution in [0.5, 0.6) is 0 Å². The fourth-order valence-corrected chi connectivity index (χ4v) is 6.48. The van der Waals surface area contributed by atoms with Gasteiger partial charge in [-0.05, 0) is 79.7 Å². The summed E-state index contributed by atoms with van der Waals surface area (Å²) in [6.07, 6.45) is 9.04. The van der Waals surface area contributed by atoms with Crippen molar-refractivity contribution >= 4 is 6.03 Å². The van der Waals surface area contributed by atoms with Gasteiger partial charge in [-0.25, -0.2) is 4.79 Å². The maximum atomic E-state index is 12.9. The second kappa shape index (κ2) is 5.50. The van der Waals surface area contributed by atoms with Crippen molar-refractivity contribution in [3.05, 3.63) is 35.4 Å². The molecule has 24 heavy (non-hydrogen) atoms. The normalized spacial score (nSPS) is 38.9. The van der Waals surface area contributed by atoms with Crippen molar-refractivity contribution in [3.63, 3.8) is 0 Å². The summed E-state index contributed by atoms with van der Waals surface area (Å²) in [7, 11) is 1.98. The molecule has 1 aromatic rings. The van der Waals surface area contributed by atoms with E-state index in [1.165, 1.54) is 43.2 Å². The van der Waals surface area contributed by atoms with E-state index >= 15 is 0 Å². The van der Waals surface area contributed by atoms with Crippen LogP contribution in [0.2, 0.25) is 0 Å². The predicted molar refractivity (Wildman–Crippen MR) is 94.6 cm³/mol. The van der Waals surface area contributed by atoms with Gasteiger partial charge in [-0.2, -0.15) is 0 Å². The molecular weight excluding hydrogens is 296 g/mol. The van der Waals surface area contributed by atoms with Crippen molar-refractivity contribution in [1.29, 1.82) is 0 Å². The smallest absolute Gasteiger partial charge is 0.317 e. The van der Waals surface area contributed by atoms with Crippen molar-refractivity contribution in [2.24, 2.45) is 23.7 Å². The largest absolute Gasteiger partial charge is 0.335 e. The van der Waals surface area contributed by atoms with Crippen molar-refractivity contribution in [2.45, 2.75) is 57.0 Å². The van der Waals surface area contributed by atoms with Crippen LogP contribution in [-0.4, -0.2) is 24.0 Å². The quantitative estimate of drug-likeness (QED) is 0.871. The zero-order valence-corrected chi connectivity index (χ0v) is 14.6. The van der Waals surface area contributed by atoms with Gasteiger partial charge in [0.25, 0.3) is 0 Å². The molecule has 0 aliphatic heterocycles. The second-order valence-electron chi connectivity index (χ2n) is 8.77. The lowest BCUT2D eigenvalue weighted by molar-refractivity contribution is -0.0112. The highest BCUT2D eigenvalue weighted by atomic mass is 16.2. The highest BCUT2D eigenvalue weighted by molar-refractivity contribution is 5.75. The average molecular weight is 324 g/mol. The monoisotopic (exact) mass is 324 g/mol. The number of rotatable bonds is 2. The molecule has 0 heterocycles. The minimum Gasteiger partial charge on any atom is -0.335 e. The predicted octanol–water partition coefficient (Wildman–Crippen LogP) is 4.14. The molecule has 0 saturated heterocycles. The first kappa shape index (κ1) is 14.8. The molecule has 4 bridgehead atoms. The van der Waals surface area contributed by atoms with Gasteiger partial charge in [0.2, 0.25) is 0 Å². The molecular formula is C21H28N2O. The number of carbonyl (C=O) groups excluding carboxylic acids is 1. The fraction of sp³-hybridized carbons (Fsp3) is 0.667. The molecule has 5 aliphatic rings. The highest BCUT2D eigenvalue weighted by Gasteiger charge is 2.49. The number of aryl methyl sites for hydroxylation is 1. The number of benzene rings is 1. The maximum absolute atomic E-state index is 12.9. The standard InChI is InChI=1S/C21H28N2O/c1-23(19-7-6-15-4-2-3-5-18(15)19)21(24)22-20-16-9-13-8-14(11-16)12-17(20)10-13/h2-5,13-14,16-17,19-20H,6-12H2,1H3,(H,22,24). The fourth-order valence-electron chi connectivity index (χ4n) is 6.48. The summed E-state index contributed by atoms with van der Waals surface area (Å²) >= 11 is 0. The van der Waals surface area contributed by atoms with Gasteiger partial charge in [0.05, 0.1) is 6.04 Å². The van der Waals surface area contributed by atoms with E-state index in [0.717, 1.165) is 36.5 Å². The number of amides is 2. The number of urea groups is 1. The van der Waals surface area contributed by atoms with E-state index in [1.54, 1.807) is 0 Å². The van der Waals surface area contributed by atoms with Crippen LogP contribution in [0.4, 0.5) is 4.79 Å². The Kier molecular flexibility index (Phi) is 3.39. The average Bonchev–Trinajstić information content (AvgIpc) is 3.00. The van der Waals surface area contributed by atoms with E-state index in [0.29, 0.717) is 6.04 Å². The van der Waals surface area contributed by atoms with Crippen LogP contribution in [0.15, 0.2) is 24.3 Å². The van der Waals surface area contributed by atoms with Gasteiger partial charge in [-0.15, -0.1) is 0 Å². The summed E-state index contributed by atoms with van der Waals surface area (Å²) in [5.41, 5.74) is 2.76. The number of carbonyl (C=O) groups is 1. The number of hydrogen-bond donors (Lipinski definition) is 1. The molecule has 3 heteroatoms. The van der Waals surface area contributed by atoms with Crippen molar-refractivity contribution < 1.29 is 4.79 Å². The Morgan fingerprint density at radius 2 is 1.71 bits per heavy atom. The highest BCUT2D eigenvalue weighted by Crippen LogP contribution is 2.53. The number of nitrogens with zero attached hydrogens (tertiary/aromatic N) is 1. The van der Waals surface area contributed by atoms with E-state index in [-0.39, 0.29) is 12.1 Å². The lowest BCUT2D eigenvalue weighted by Gasteiger charge is -2.54. The molecule has 4 fully saturated rings. The summed E-state index contributed by atoms with van der Waals surface area (Å²) in [6.45, 7) is 0. The molecule has 1 aromatic carbocycles. The van der Waals surface area contributed by atoms with E-state index in [9.17, 15) is 4.79 Å². The Morgan fingerprint density at radius 1 is 1.04 bits per heavy atom. The van der Waals surface area contributed by atoms with E-state index < -0.39 is 0 Å². The van der Waals surface area contributed by atoms with E-state index in [1.807, 2.05) is 11.9 Å². The molecule has 1 atom stereocenters. The summed E-state index contributed by atoms with van der Waals surface area (Å²) < 4.78 is 0. The molecule has 0 radical (unpaired) electrons. The Balaban J connectivity index is 1.29. The third kappa shape index (κ3) is 2.28. The minimum atomic E-state index is 0.147. The minimum absolute atomic E-state index is 0.147. The van der Waals surface area contributed by atoms with Crippen LogP contribution in [-0.2, 0) is 6.42 Å². The Labute approximate surface area is 144 Å². The number of nitrogens with one attached hydrogen (secondary N) is 1. The van der Waals surface area contributed by atoms with Crippen LogP contribution in [0, 0.1) is 23.7 Å². The van der Waals surface area contributed by atoms with Crippen LogP contribution < -0.4 is 5.32 Å². The molecule has 3 nitrogen and oxygen atoms in total. The molecule has 128 valence electrons. The zero-order chi connectivity index (χ0) is 16.3. The molecule has 6 rings (SSSR count). The second-order valence-corrected chi connectivity index (χ2v) is 8.77. The molecule has 0 aromatic heterocycles. The number of fused-ring (bicyclic) bond motifs is 1. The van der Waals surface area contributed by atoms with Crippen molar-refractivity contribution in [2.75, 3.05) is 7.05 Å². The summed E-state index contributed by atoms with van der Waals surface area (Å²) in [5.74, 6) is 3.41. The Bertz CT molecular complexity index is 627. The molecule has 2 amide bonds. The third-order valence-corrected chi connectivity index (χ3v) is 7.41. The molecule has 1 N–H and O–H groups in total. The van der Waals surface area contributed by atoms with Crippen LogP contribution in [0.25, 0.3) is 0 Å². The topological polar surface area (TPSA) is 32.3 Å². The molecule has 4 saturated carbocycles. The van der Waals surface area contributed by atoms with Gasteiger partial charge in [-0.3, -0.25) is 0 Å².